The number of hydrogen-bond acceptors (Lipinski definition) is 6. The molecule has 7 heteroatoms. The number of hydrogen-bond donors (Lipinski definition) is 3. The lowest BCUT2D eigenvalue weighted by Crippen LogP contribution is -2.50. The highest BCUT2D eigenvalue weighted by atomic mass is 32.1. The van der Waals surface area contributed by atoms with Gasteiger partial charge >= 0.3 is 0 Å². The third kappa shape index (κ3) is 2.82. The fourth-order valence-corrected chi connectivity index (χ4v) is 2.88. The van der Waals surface area contributed by atoms with Gasteiger partial charge in [0.2, 0.25) is 0 Å². The molecule has 2 heterocycles. The largest absolute Gasteiger partial charge is 0.382 e. The molecule has 1 fully saturated rings. The molecule has 2 atom stereocenters. The molecule has 1 aromatic rings. The Labute approximate surface area is 116 Å². The molecule has 106 valence electrons. The highest BCUT2D eigenvalue weighted by Crippen LogP contribution is 2.29. The zero-order valence-electron chi connectivity index (χ0n) is 11.4. The molecule has 6 nitrogen and oxygen atoms in total. The summed E-state index contributed by atoms with van der Waals surface area (Å²) in [6.45, 7) is 7.34. The van der Waals surface area contributed by atoms with E-state index in [2.05, 4.69) is 15.6 Å². The molecular formula is C12H20N4O2S. The van der Waals surface area contributed by atoms with Gasteiger partial charge in [0.15, 0.2) is 5.13 Å². The van der Waals surface area contributed by atoms with E-state index in [0.29, 0.717) is 16.6 Å². The second kappa shape index (κ2) is 5.34. The van der Waals surface area contributed by atoms with Crippen molar-refractivity contribution in [2.75, 3.05) is 24.2 Å². The highest BCUT2D eigenvalue weighted by Gasteiger charge is 2.39. The van der Waals surface area contributed by atoms with Crippen molar-refractivity contribution < 1.29 is 9.53 Å². The van der Waals surface area contributed by atoms with Crippen LogP contribution in [0.5, 0.6) is 0 Å². The number of nitrogens with two attached hydrogens (primary N) is 1. The van der Waals surface area contributed by atoms with Gasteiger partial charge in [-0.15, -0.1) is 0 Å². The van der Waals surface area contributed by atoms with Crippen molar-refractivity contribution in [3.05, 3.63) is 4.88 Å². The summed E-state index contributed by atoms with van der Waals surface area (Å²) in [5.41, 5.74) is 5.45. The van der Waals surface area contributed by atoms with Crippen LogP contribution in [0.15, 0.2) is 0 Å². The van der Waals surface area contributed by atoms with Gasteiger partial charge in [-0.25, -0.2) is 4.98 Å². The van der Waals surface area contributed by atoms with Crippen molar-refractivity contribution in [2.24, 2.45) is 0 Å². The van der Waals surface area contributed by atoms with Gasteiger partial charge in [0, 0.05) is 13.2 Å². The lowest BCUT2D eigenvalue weighted by molar-refractivity contribution is 0.0730. The second-order valence-electron chi connectivity index (χ2n) is 4.90. The van der Waals surface area contributed by atoms with Crippen molar-refractivity contribution in [1.29, 1.82) is 0 Å². The van der Waals surface area contributed by atoms with Gasteiger partial charge in [0.05, 0.1) is 11.6 Å². The number of amides is 1. The maximum Gasteiger partial charge on any atom is 0.265 e. The fraction of sp³-hybridized carbons (Fsp3) is 0.667. The molecule has 2 unspecified atom stereocenters. The molecule has 4 N–H and O–H groups in total. The summed E-state index contributed by atoms with van der Waals surface area (Å²) >= 11 is 1.28. The molecule has 19 heavy (non-hydrogen) atoms. The minimum Gasteiger partial charge on any atom is -0.382 e. The Morgan fingerprint density at radius 3 is 3.00 bits per heavy atom. The summed E-state index contributed by atoms with van der Waals surface area (Å²) in [4.78, 5) is 16.9. The first kappa shape index (κ1) is 14.1. The van der Waals surface area contributed by atoms with Crippen LogP contribution in [0.2, 0.25) is 0 Å². The SMILES string of the molecule is CCNc1nc(N)c(C(=O)NC2(C)CCOC2C)s1. The minimum atomic E-state index is -0.341. The molecule has 2 rings (SSSR count). The third-order valence-electron chi connectivity index (χ3n) is 3.47. The second-order valence-corrected chi connectivity index (χ2v) is 5.90. The van der Waals surface area contributed by atoms with Gasteiger partial charge in [0.1, 0.15) is 10.7 Å². The zero-order valence-corrected chi connectivity index (χ0v) is 12.3. The fourth-order valence-electron chi connectivity index (χ4n) is 2.04. The Balaban J connectivity index is 2.11. The van der Waals surface area contributed by atoms with Crippen molar-refractivity contribution in [2.45, 2.75) is 38.8 Å². The van der Waals surface area contributed by atoms with E-state index in [4.69, 9.17) is 10.5 Å². The maximum absolute atomic E-state index is 12.3. The normalized spacial score (nSPS) is 26.4. The first-order chi connectivity index (χ1) is 8.96. The third-order valence-corrected chi connectivity index (χ3v) is 4.50. The summed E-state index contributed by atoms with van der Waals surface area (Å²) in [6.07, 6.45) is 0.803. The van der Waals surface area contributed by atoms with Gasteiger partial charge < -0.3 is 21.1 Å². The smallest absolute Gasteiger partial charge is 0.265 e. The maximum atomic E-state index is 12.3. The number of nitrogens with one attached hydrogen (secondary N) is 2. The summed E-state index contributed by atoms with van der Waals surface area (Å²) in [5.74, 6) is 0.0904. The van der Waals surface area contributed by atoms with Gasteiger partial charge in [-0.05, 0) is 27.2 Å². The van der Waals surface area contributed by atoms with Crippen molar-refractivity contribution in [3.8, 4) is 0 Å². The number of nitrogens with zero attached hydrogens (tertiary/aromatic N) is 1. The van der Waals surface area contributed by atoms with Gasteiger partial charge in [0.25, 0.3) is 5.91 Å². The monoisotopic (exact) mass is 284 g/mol. The number of nitrogen functional groups attached to an aromatic ring is 1. The summed E-state index contributed by atoms with van der Waals surface area (Å²) in [6, 6.07) is 0. The van der Waals surface area contributed by atoms with Crippen LogP contribution >= 0.6 is 11.3 Å². The zero-order chi connectivity index (χ0) is 14.0. The van der Waals surface area contributed by atoms with E-state index in [0.717, 1.165) is 13.0 Å². The molecule has 0 radical (unpaired) electrons. The Kier molecular flexibility index (Phi) is 3.96. The molecule has 1 saturated heterocycles. The van der Waals surface area contributed by atoms with Crippen LogP contribution in [0.25, 0.3) is 0 Å². The van der Waals surface area contributed by atoms with E-state index in [1.54, 1.807) is 0 Å². The van der Waals surface area contributed by atoms with E-state index >= 15 is 0 Å². The van der Waals surface area contributed by atoms with Crippen LogP contribution in [0.4, 0.5) is 10.9 Å². The Morgan fingerprint density at radius 2 is 2.42 bits per heavy atom. The Bertz CT molecular complexity index is 476. The van der Waals surface area contributed by atoms with Crippen LogP contribution < -0.4 is 16.4 Å². The van der Waals surface area contributed by atoms with Gasteiger partial charge in [-0.1, -0.05) is 11.3 Å². The summed E-state index contributed by atoms with van der Waals surface area (Å²) in [5, 5.41) is 6.75. The molecule has 1 aliphatic heterocycles. The molecule has 0 spiro atoms. The minimum absolute atomic E-state index is 0.00108. The summed E-state index contributed by atoms with van der Waals surface area (Å²) in [7, 11) is 0. The van der Waals surface area contributed by atoms with Crippen LogP contribution in [-0.4, -0.2) is 35.7 Å². The standard InChI is InChI=1S/C12H20N4O2S/c1-4-14-11-15-9(13)8(19-11)10(17)16-12(3)5-6-18-7(12)2/h7H,4-6,13H2,1-3H3,(H,14,15)(H,16,17). The molecule has 0 bridgehead atoms. The van der Waals surface area contributed by atoms with E-state index in [1.807, 2.05) is 20.8 Å². The number of carbonyl (C=O) groups is 1. The number of carbonyl (C=O) groups excluding carboxylic acids is 1. The number of rotatable bonds is 4. The van der Waals surface area contributed by atoms with Crippen molar-refractivity contribution >= 4 is 28.2 Å². The average Bonchev–Trinajstić information content (AvgIpc) is 2.84. The molecule has 1 aliphatic rings. The molecular weight excluding hydrogens is 264 g/mol. The van der Waals surface area contributed by atoms with Gasteiger partial charge in [-0.3, -0.25) is 4.79 Å². The van der Waals surface area contributed by atoms with E-state index in [9.17, 15) is 4.79 Å². The van der Waals surface area contributed by atoms with Crippen molar-refractivity contribution in [1.82, 2.24) is 10.3 Å². The molecule has 0 aromatic carbocycles. The molecule has 0 saturated carbocycles. The Morgan fingerprint density at radius 1 is 1.68 bits per heavy atom. The summed E-state index contributed by atoms with van der Waals surface area (Å²) < 4.78 is 5.51. The van der Waals surface area contributed by atoms with Crippen LogP contribution in [0, 0.1) is 0 Å². The first-order valence-corrected chi connectivity index (χ1v) is 7.22. The van der Waals surface area contributed by atoms with Crippen LogP contribution in [0.3, 0.4) is 0 Å². The predicted octanol–water partition coefficient (Wildman–Crippen LogP) is 1.45. The van der Waals surface area contributed by atoms with Gasteiger partial charge in [-0.2, -0.15) is 0 Å². The lowest BCUT2D eigenvalue weighted by atomic mass is 9.94. The van der Waals surface area contributed by atoms with Crippen LogP contribution in [0.1, 0.15) is 36.9 Å². The molecule has 1 amide bonds. The lowest BCUT2D eigenvalue weighted by Gasteiger charge is -2.28. The predicted molar refractivity (Wildman–Crippen MR) is 76.6 cm³/mol. The highest BCUT2D eigenvalue weighted by molar-refractivity contribution is 7.18. The number of aromatic nitrogens is 1. The quantitative estimate of drug-likeness (QED) is 0.779. The number of anilines is 2. The average molecular weight is 284 g/mol. The first-order valence-electron chi connectivity index (χ1n) is 6.40. The van der Waals surface area contributed by atoms with E-state index in [1.165, 1.54) is 11.3 Å². The number of thiazole rings is 1. The van der Waals surface area contributed by atoms with E-state index in [-0.39, 0.29) is 23.4 Å². The molecule has 0 aliphatic carbocycles. The van der Waals surface area contributed by atoms with E-state index < -0.39 is 0 Å². The molecule has 1 aromatic heterocycles. The Hall–Kier alpha value is -1.34. The van der Waals surface area contributed by atoms with Crippen molar-refractivity contribution in [3.63, 3.8) is 0 Å². The topological polar surface area (TPSA) is 89.3 Å². The number of ether oxygens (including phenoxy) is 1. The van der Waals surface area contributed by atoms with Crippen LogP contribution in [-0.2, 0) is 4.74 Å².